The van der Waals surface area contributed by atoms with E-state index in [0.29, 0.717) is 55.3 Å². The van der Waals surface area contributed by atoms with Gasteiger partial charge in [-0.15, -0.1) is 0 Å². The van der Waals surface area contributed by atoms with Crippen molar-refractivity contribution in [2.75, 3.05) is 44.7 Å². The molecule has 0 aliphatic carbocycles. The highest BCUT2D eigenvalue weighted by Gasteiger charge is 2.24. The number of nitrogens with two attached hydrogens (primary N) is 1. The first-order chi connectivity index (χ1) is 18.2. The summed E-state index contributed by atoms with van der Waals surface area (Å²) in [7, 11) is 1.59. The summed E-state index contributed by atoms with van der Waals surface area (Å²) in [5, 5.41) is 0.530. The van der Waals surface area contributed by atoms with Gasteiger partial charge in [-0.1, -0.05) is 37.6 Å². The Hall–Kier alpha value is -3.36. The minimum absolute atomic E-state index is 0.258. The van der Waals surface area contributed by atoms with E-state index in [2.05, 4.69) is 48.8 Å². The monoisotopic (exact) mass is 537 g/mol. The Morgan fingerprint density at radius 1 is 1.05 bits per heavy atom. The second kappa shape index (κ2) is 12.0. The van der Waals surface area contributed by atoms with E-state index in [1.807, 2.05) is 19.1 Å². The molecule has 202 valence electrons. The van der Waals surface area contributed by atoms with Crippen molar-refractivity contribution in [3.05, 3.63) is 63.8 Å². The molecular formula is C29H36ClN5O3. The number of nitrogens with zero attached hydrogens (tertiary/aromatic N) is 4. The zero-order valence-corrected chi connectivity index (χ0v) is 23.5. The highest BCUT2D eigenvalue weighted by Crippen LogP contribution is 2.32. The summed E-state index contributed by atoms with van der Waals surface area (Å²) in [6.45, 7) is 11.8. The maximum Gasteiger partial charge on any atom is 0.231 e. The van der Waals surface area contributed by atoms with E-state index < -0.39 is 0 Å². The Kier molecular flexibility index (Phi) is 8.74. The molecule has 1 amide bonds. The summed E-state index contributed by atoms with van der Waals surface area (Å²) in [5.41, 5.74) is 10.3. The quantitative estimate of drug-likeness (QED) is 0.421. The summed E-state index contributed by atoms with van der Waals surface area (Å²) in [6.07, 6.45) is 0. The van der Waals surface area contributed by atoms with Crippen LogP contribution in [0.3, 0.4) is 0 Å². The van der Waals surface area contributed by atoms with Gasteiger partial charge in [0.15, 0.2) is 5.82 Å². The van der Waals surface area contributed by atoms with E-state index in [9.17, 15) is 4.79 Å². The Labute approximate surface area is 229 Å². The number of ether oxygens (including phenoxy) is 2. The minimum Gasteiger partial charge on any atom is -0.495 e. The van der Waals surface area contributed by atoms with Crippen LogP contribution in [-0.4, -0.2) is 60.6 Å². The van der Waals surface area contributed by atoms with Crippen LogP contribution in [-0.2, 0) is 11.4 Å². The molecule has 2 N–H and O–H groups in total. The molecule has 0 atom stereocenters. The molecule has 1 fully saturated rings. The fourth-order valence-electron chi connectivity index (χ4n) is 4.56. The predicted molar refractivity (Wildman–Crippen MR) is 151 cm³/mol. The molecule has 0 radical (unpaired) electrons. The lowest BCUT2D eigenvalue weighted by molar-refractivity contribution is -0.119. The van der Waals surface area contributed by atoms with Crippen LogP contribution in [0.5, 0.6) is 11.5 Å². The molecule has 3 aromatic rings. The summed E-state index contributed by atoms with van der Waals surface area (Å²) >= 11 is 6.26. The van der Waals surface area contributed by atoms with Gasteiger partial charge >= 0.3 is 0 Å². The van der Waals surface area contributed by atoms with Gasteiger partial charge in [0, 0.05) is 31.7 Å². The highest BCUT2D eigenvalue weighted by molar-refractivity contribution is 6.32. The molecule has 1 aliphatic heterocycles. The van der Waals surface area contributed by atoms with E-state index in [1.54, 1.807) is 13.2 Å². The number of benzene rings is 2. The zero-order chi connectivity index (χ0) is 27.4. The standard InChI is InChI=1S/C29H36ClN5O3/c1-18(2)21-7-6-19(3)25(14-21)38-17-23-20(4)32-28(22-8-9-24(30)26(15-22)37-5)33-29(23)35-12-10-34(11-13-35)16-27(31)36/h6-9,14-15,18H,10-13,16-17H2,1-5H3,(H2,31,36). The molecule has 4 rings (SSSR count). The summed E-state index contributed by atoms with van der Waals surface area (Å²) in [5.74, 6) is 2.94. The number of amides is 1. The topological polar surface area (TPSA) is 93.8 Å². The van der Waals surface area contributed by atoms with Crippen LogP contribution in [0, 0.1) is 13.8 Å². The van der Waals surface area contributed by atoms with E-state index in [4.69, 9.17) is 36.8 Å². The first kappa shape index (κ1) is 27.7. The van der Waals surface area contributed by atoms with Gasteiger partial charge in [0.05, 0.1) is 29.9 Å². The first-order valence-corrected chi connectivity index (χ1v) is 13.2. The van der Waals surface area contributed by atoms with Gasteiger partial charge in [-0.25, -0.2) is 9.97 Å². The Morgan fingerprint density at radius 2 is 1.79 bits per heavy atom. The maximum atomic E-state index is 11.4. The van der Waals surface area contributed by atoms with E-state index in [1.165, 1.54) is 5.56 Å². The summed E-state index contributed by atoms with van der Waals surface area (Å²) in [6, 6.07) is 11.9. The molecule has 1 aromatic heterocycles. The average molecular weight is 538 g/mol. The van der Waals surface area contributed by atoms with Crippen molar-refractivity contribution in [3.8, 4) is 22.9 Å². The molecule has 8 nitrogen and oxygen atoms in total. The number of primary amides is 1. The second-order valence-electron chi connectivity index (χ2n) is 9.98. The van der Waals surface area contributed by atoms with Gasteiger partial charge in [-0.2, -0.15) is 0 Å². The van der Waals surface area contributed by atoms with Crippen molar-refractivity contribution < 1.29 is 14.3 Å². The van der Waals surface area contributed by atoms with E-state index in [-0.39, 0.29) is 12.5 Å². The lowest BCUT2D eigenvalue weighted by Crippen LogP contribution is -2.49. The predicted octanol–water partition coefficient (Wildman–Crippen LogP) is 4.73. The lowest BCUT2D eigenvalue weighted by Gasteiger charge is -2.36. The normalized spacial score (nSPS) is 14.1. The van der Waals surface area contributed by atoms with Crippen LogP contribution in [0.2, 0.25) is 5.02 Å². The number of hydrogen-bond acceptors (Lipinski definition) is 7. The smallest absolute Gasteiger partial charge is 0.231 e. The van der Waals surface area contributed by atoms with Crippen molar-refractivity contribution in [1.82, 2.24) is 14.9 Å². The van der Waals surface area contributed by atoms with Gasteiger partial charge in [0.1, 0.15) is 23.9 Å². The average Bonchev–Trinajstić information content (AvgIpc) is 2.88. The largest absolute Gasteiger partial charge is 0.495 e. The number of halogens is 1. The summed E-state index contributed by atoms with van der Waals surface area (Å²) < 4.78 is 11.8. The number of piperazine rings is 1. The van der Waals surface area contributed by atoms with Crippen molar-refractivity contribution >= 4 is 23.3 Å². The molecule has 1 saturated heterocycles. The zero-order valence-electron chi connectivity index (χ0n) is 22.8. The third kappa shape index (κ3) is 6.37. The second-order valence-corrected chi connectivity index (χ2v) is 10.4. The molecule has 2 aromatic carbocycles. The van der Waals surface area contributed by atoms with Gasteiger partial charge < -0.3 is 20.1 Å². The number of carbonyl (C=O) groups excluding carboxylic acids is 1. The molecule has 9 heteroatoms. The molecule has 0 saturated carbocycles. The lowest BCUT2D eigenvalue weighted by atomic mass is 10.0. The number of aromatic nitrogens is 2. The molecule has 0 spiro atoms. The van der Waals surface area contributed by atoms with Crippen LogP contribution >= 0.6 is 11.6 Å². The van der Waals surface area contributed by atoms with Crippen molar-refractivity contribution in [2.45, 2.75) is 40.2 Å². The van der Waals surface area contributed by atoms with Crippen molar-refractivity contribution in [3.63, 3.8) is 0 Å². The molecule has 0 bridgehead atoms. The van der Waals surface area contributed by atoms with Gasteiger partial charge in [0.25, 0.3) is 0 Å². The third-order valence-corrected chi connectivity index (χ3v) is 7.22. The Balaban J connectivity index is 1.69. The van der Waals surface area contributed by atoms with Gasteiger partial charge in [-0.3, -0.25) is 9.69 Å². The molecule has 38 heavy (non-hydrogen) atoms. The number of carbonyl (C=O) groups is 1. The van der Waals surface area contributed by atoms with E-state index in [0.717, 1.165) is 34.0 Å². The fraction of sp³-hybridized carbons (Fsp3) is 0.414. The van der Waals surface area contributed by atoms with Crippen LogP contribution in [0.25, 0.3) is 11.4 Å². The van der Waals surface area contributed by atoms with Crippen LogP contribution in [0.4, 0.5) is 5.82 Å². The Bertz CT molecular complexity index is 1310. The summed E-state index contributed by atoms with van der Waals surface area (Å²) in [4.78, 5) is 25.6. The highest BCUT2D eigenvalue weighted by atomic mass is 35.5. The SMILES string of the molecule is COc1cc(-c2nc(C)c(COc3cc(C(C)C)ccc3C)c(N3CCN(CC(N)=O)CC3)n2)ccc1Cl. The van der Waals surface area contributed by atoms with Gasteiger partial charge in [-0.05, 0) is 55.2 Å². The number of anilines is 1. The fourth-order valence-corrected chi connectivity index (χ4v) is 4.75. The molecule has 2 heterocycles. The minimum atomic E-state index is -0.316. The first-order valence-electron chi connectivity index (χ1n) is 12.9. The molecular weight excluding hydrogens is 502 g/mol. The number of aryl methyl sites for hydroxylation is 2. The number of hydrogen-bond donors (Lipinski definition) is 1. The van der Waals surface area contributed by atoms with Crippen molar-refractivity contribution in [2.24, 2.45) is 5.73 Å². The van der Waals surface area contributed by atoms with E-state index >= 15 is 0 Å². The van der Waals surface area contributed by atoms with Gasteiger partial charge in [0.2, 0.25) is 5.91 Å². The van der Waals surface area contributed by atoms with Crippen LogP contribution < -0.4 is 20.1 Å². The third-order valence-electron chi connectivity index (χ3n) is 6.90. The van der Waals surface area contributed by atoms with Crippen LogP contribution in [0.15, 0.2) is 36.4 Å². The number of methoxy groups -OCH3 is 1. The number of rotatable bonds is 9. The Morgan fingerprint density at radius 3 is 2.45 bits per heavy atom. The molecule has 1 aliphatic rings. The van der Waals surface area contributed by atoms with Crippen LogP contribution in [0.1, 0.15) is 42.1 Å². The van der Waals surface area contributed by atoms with Crippen molar-refractivity contribution in [1.29, 1.82) is 0 Å². The molecule has 0 unspecified atom stereocenters. The maximum absolute atomic E-state index is 11.4.